The normalized spacial score (nSPS) is 23.4. The molecular formula is C18H19ClN2O2. The number of nitrogens with zero attached hydrogens (tertiary/aromatic N) is 1. The standard InChI is InChI=1S/C18H18N2O2.ClH/c19-9-16(13-5-7-21-10-13)12-3-4-18-15(8-12)14-2-1-6-20-17(14)11-22-18;/h3-5,7-8,10,14,16-17,20H,1-2,6,11H2;1H/t14-,16?,17-;/m0./s1. The highest BCUT2D eigenvalue weighted by molar-refractivity contribution is 5.85. The molecule has 1 N–H and O–H groups in total. The zero-order valence-electron chi connectivity index (χ0n) is 12.7. The minimum absolute atomic E-state index is 0. The Labute approximate surface area is 141 Å². The lowest BCUT2D eigenvalue weighted by molar-refractivity contribution is 0.190. The van der Waals surface area contributed by atoms with Crippen LogP contribution in [0.5, 0.6) is 5.75 Å². The Hall–Kier alpha value is -1.96. The van der Waals surface area contributed by atoms with Gasteiger partial charge in [0.2, 0.25) is 0 Å². The van der Waals surface area contributed by atoms with Crippen molar-refractivity contribution < 1.29 is 9.15 Å². The number of hydrogen-bond donors (Lipinski definition) is 1. The molecule has 1 aromatic heterocycles. The molecule has 1 fully saturated rings. The third-order valence-corrected chi connectivity index (χ3v) is 4.77. The van der Waals surface area contributed by atoms with E-state index in [-0.39, 0.29) is 18.3 Å². The van der Waals surface area contributed by atoms with Gasteiger partial charge in [0, 0.05) is 17.5 Å². The largest absolute Gasteiger partial charge is 0.492 e. The summed E-state index contributed by atoms with van der Waals surface area (Å²) in [6, 6.07) is 10.8. The number of halogens is 1. The number of hydrogen-bond acceptors (Lipinski definition) is 4. The summed E-state index contributed by atoms with van der Waals surface area (Å²) < 4.78 is 11.0. The fraction of sp³-hybridized carbons (Fsp3) is 0.389. The van der Waals surface area contributed by atoms with Gasteiger partial charge in [-0.3, -0.25) is 0 Å². The van der Waals surface area contributed by atoms with Crippen LogP contribution < -0.4 is 10.1 Å². The average molecular weight is 331 g/mol. The van der Waals surface area contributed by atoms with Crippen molar-refractivity contribution in [1.82, 2.24) is 5.32 Å². The summed E-state index contributed by atoms with van der Waals surface area (Å²) in [7, 11) is 0. The van der Waals surface area contributed by atoms with E-state index in [1.165, 1.54) is 18.4 Å². The van der Waals surface area contributed by atoms with E-state index in [0.717, 1.165) is 30.0 Å². The maximum absolute atomic E-state index is 9.55. The lowest BCUT2D eigenvalue weighted by Crippen LogP contribution is -2.46. The Morgan fingerprint density at radius 3 is 2.96 bits per heavy atom. The predicted molar refractivity (Wildman–Crippen MR) is 89.1 cm³/mol. The molecule has 4 nitrogen and oxygen atoms in total. The maximum atomic E-state index is 9.55. The molecule has 0 aliphatic carbocycles. The molecule has 2 aromatic rings. The number of piperidine rings is 1. The Bertz CT molecular complexity index is 708. The van der Waals surface area contributed by atoms with Gasteiger partial charge in [-0.05, 0) is 42.6 Å². The van der Waals surface area contributed by atoms with E-state index in [1.807, 2.05) is 18.2 Å². The Kier molecular flexibility index (Phi) is 4.61. The molecule has 1 saturated heterocycles. The van der Waals surface area contributed by atoms with Gasteiger partial charge in [-0.1, -0.05) is 12.1 Å². The van der Waals surface area contributed by atoms with E-state index < -0.39 is 0 Å². The van der Waals surface area contributed by atoms with Crippen molar-refractivity contribution in [3.8, 4) is 11.8 Å². The van der Waals surface area contributed by atoms with E-state index in [1.54, 1.807) is 12.5 Å². The number of ether oxygens (including phenoxy) is 1. The Balaban J connectivity index is 0.00000156. The first kappa shape index (κ1) is 15.9. The summed E-state index contributed by atoms with van der Waals surface area (Å²) in [6.07, 6.45) is 5.63. The van der Waals surface area contributed by atoms with Crippen molar-refractivity contribution in [3.63, 3.8) is 0 Å². The molecule has 0 amide bonds. The second-order valence-corrected chi connectivity index (χ2v) is 6.04. The van der Waals surface area contributed by atoms with E-state index in [0.29, 0.717) is 12.0 Å². The summed E-state index contributed by atoms with van der Waals surface area (Å²) in [6.45, 7) is 1.80. The molecule has 2 aliphatic rings. The maximum Gasteiger partial charge on any atom is 0.122 e. The second kappa shape index (κ2) is 6.66. The highest BCUT2D eigenvalue weighted by Crippen LogP contribution is 2.40. The zero-order chi connectivity index (χ0) is 14.9. The monoisotopic (exact) mass is 330 g/mol. The number of rotatable bonds is 2. The van der Waals surface area contributed by atoms with Crippen molar-refractivity contribution in [1.29, 1.82) is 5.26 Å². The van der Waals surface area contributed by atoms with Gasteiger partial charge in [0.1, 0.15) is 12.4 Å². The quantitative estimate of drug-likeness (QED) is 0.914. The van der Waals surface area contributed by atoms with E-state index in [2.05, 4.69) is 17.5 Å². The van der Waals surface area contributed by atoms with Crippen LogP contribution in [0.15, 0.2) is 41.2 Å². The molecule has 2 aliphatic heterocycles. The molecule has 0 bridgehead atoms. The zero-order valence-corrected chi connectivity index (χ0v) is 13.5. The fourth-order valence-electron chi connectivity index (χ4n) is 3.63. The van der Waals surface area contributed by atoms with E-state index in [4.69, 9.17) is 9.15 Å². The highest BCUT2D eigenvalue weighted by atomic mass is 35.5. The number of furan rings is 1. The lowest BCUT2D eigenvalue weighted by Gasteiger charge is -2.38. The molecule has 1 unspecified atom stereocenters. The van der Waals surface area contributed by atoms with Gasteiger partial charge >= 0.3 is 0 Å². The molecule has 120 valence electrons. The van der Waals surface area contributed by atoms with Crippen LogP contribution >= 0.6 is 12.4 Å². The van der Waals surface area contributed by atoms with Gasteiger partial charge in [-0.25, -0.2) is 0 Å². The van der Waals surface area contributed by atoms with Gasteiger partial charge in [-0.15, -0.1) is 12.4 Å². The SMILES string of the molecule is Cl.N#CC(c1ccoc1)c1ccc2c(c1)[C@@H]1CCCN[C@H]1CO2. The lowest BCUT2D eigenvalue weighted by atomic mass is 9.81. The second-order valence-electron chi connectivity index (χ2n) is 6.04. The van der Waals surface area contributed by atoms with Crippen molar-refractivity contribution in [2.45, 2.75) is 30.7 Å². The number of nitriles is 1. The molecule has 0 saturated carbocycles. The molecule has 1 aromatic carbocycles. The van der Waals surface area contributed by atoms with Gasteiger partial charge in [0.15, 0.2) is 0 Å². The summed E-state index contributed by atoms with van der Waals surface area (Å²) in [5.41, 5.74) is 3.15. The molecule has 3 atom stereocenters. The van der Waals surface area contributed by atoms with Crippen molar-refractivity contribution in [2.75, 3.05) is 13.2 Å². The van der Waals surface area contributed by atoms with Gasteiger partial charge < -0.3 is 14.5 Å². The van der Waals surface area contributed by atoms with Crippen molar-refractivity contribution in [2.24, 2.45) is 0 Å². The van der Waals surface area contributed by atoms with Crippen LogP contribution in [0.2, 0.25) is 0 Å². The highest BCUT2D eigenvalue weighted by Gasteiger charge is 2.33. The number of fused-ring (bicyclic) bond motifs is 3. The molecule has 3 heterocycles. The minimum Gasteiger partial charge on any atom is -0.492 e. The summed E-state index contributed by atoms with van der Waals surface area (Å²) in [5, 5.41) is 13.1. The summed E-state index contributed by atoms with van der Waals surface area (Å²) in [5.74, 6) is 1.17. The number of benzene rings is 1. The van der Waals surface area contributed by atoms with Crippen LogP contribution in [0, 0.1) is 11.3 Å². The van der Waals surface area contributed by atoms with Gasteiger partial charge in [-0.2, -0.15) is 5.26 Å². The first-order valence-corrected chi connectivity index (χ1v) is 7.78. The van der Waals surface area contributed by atoms with Gasteiger partial charge in [0.05, 0.1) is 24.5 Å². The van der Waals surface area contributed by atoms with Crippen LogP contribution in [0.1, 0.15) is 41.4 Å². The fourth-order valence-corrected chi connectivity index (χ4v) is 3.63. The number of nitrogens with one attached hydrogen (secondary N) is 1. The molecule has 23 heavy (non-hydrogen) atoms. The smallest absolute Gasteiger partial charge is 0.122 e. The molecule has 4 rings (SSSR count). The topological polar surface area (TPSA) is 58.2 Å². The third-order valence-electron chi connectivity index (χ3n) is 4.77. The predicted octanol–water partition coefficient (Wildman–Crippen LogP) is 3.58. The van der Waals surface area contributed by atoms with E-state index in [9.17, 15) is 5.26 Å². The molecular weight excluding hydrogens is 312 g/mol. The van der Waals surface area contributed by atoms with Crippen LogP contribution in [-0.4, -0.2) is 19.2 Å². The van der Waals surface area contributed by atoms with Crippen LogP contribution in [0.3, 0.4) is 0 Å². The minimum atomic E-state index is -0.291. The Morgan fingerprint density at radius 1 is 1.26 bits per heavy atom. The first-order chi connectivity index (χ1) is 10.9. The summed E-state index contributed by atoms with van der Waals surface area (Å²) in [4.78, 5) is 0. The molecule has 5 heteroatoms. The van der Waals surface area contributed by atoms with Crippen LogP contribution in [-0.2, 0) is 0 Å². The van der Waals surface area contributed by atoms with Crippen molar-refractivity contribution >= 4 is 12.4 Å². The average Bonchev–Trinajstić information content (AvgIpc) is 3.09. The first-order valence-electron chi connectivity index (χ1n) is 7.78. The molecule has 0 spiro atoms. The van der Waals surface area contributed by atoms with Crippen molar-refractivity contribution in [3.05, 3.63) is 53.5 Å². The van der Waals surface area contributed by atoms with Gasteiger partial charge in [0.25, 0.3) is 0 Å². The summed E-state index contributed by atoms with van der Waals surface area (Å²) >= 11 is 0. The van der Waals surface area contributed by atoms with Crippen LogP contribution in [0.4, 0.5) is 0 Å². The third kappa shape index (κ3) is 2.83. The van der Waals surface area contributed by atoms with E-state index >= 15 is 0 Å². The van der Waals surface area contributed by atoms with Crippen LogP contribution in [0.25, 0.3) is 0 Å². The Morgan fingerprint density at radius 2 is 2.17 bits per heavy atom. The molecule has 0 radical (unpaired) electrons.